The molecule has 0 N–H and O–H groups in total. The van der Waals surface area contributed by atoms with Crippen molar-refractivity contribution in [1.82, 2.24) is 4.57 Å². The van der Waals surface area contributed by atoms with Gasteiger partial charge in [-0.1, -0.05) is 37.3 Å². The monoisotopic (exact) mass is 321 g/mol. The van der Waals surface area contributed by atoms with E-state index in [1.54, 1.807) is 0 Å². The molecule has 0 saturated heterocycles. The smallest absolute Gasteiger partial charge is 0.337 e. The van der Waals surface area contributed by atoms with Gasteiger partial charge in [0.2, 0.25) is 0 Å². The summed E-state index contributed by atoms with van der Waals surface area (Å²) in [5.41, 5.74) is 5.79. The topological polar surface area (TPSA) is 31.2 Å². The van der Waals surface area contributed by atoms with Crippen LogP contribution in [0.2, 0.25) is 0 Å². The number of rotatable bonds is 5. The van der Waals surface area contributed by atoms with E-state index in [1.165, 1.54) is 34.8 Å². The highest BCUT2D eigenvalue weighted by molar-refractivity contribution is 5.89. The standard InChI is InChI=1S/C21H23NO2/c1-4-13-22-15(2)19(18-7-5-6-8-20(18)22)14-16-9-11-17(12-10-16)21(23)24-3/h5-12H,4,13-14H2,1-3H3. The van der Waals surface area contributed by atoms with Gasteiger partial charge in [0, 0.05) is 23.1 Å². The van der Waals surface area contributed by atoms with E-state index < -0.39 is 0 Å². The van der Waals surface area contributed by atoms with Gasteiger partial charge in [0.1, 0.15) is 0 Å². The van der Waals surface area contributed by atoms with E-state index in [0.717, 1.165) is 19.4 Å². The molecule has 0 aliphatic carbocycles. The van der Waals surface area contributed by atoms with Crippen molar-refractivity contribution in [3.63, 3.8) is 0 Å². The summed E-state index contributed by atoms with van der Waals surface area (Å²) in [5.74, 6) is -0.294. The molecule has 0 aliphatic heterocycles. The predicted octanol–water partition coefficient (Wildman–Crippen LogP) is 4.74. The first kappa shape index (κ1) is 16.3. The lowest BCUT2D eigenvalue weighted by atomic mass is 10.0. The number of ether oxygens (including phenoxy) is 1. The second kappa shape index (κ2) is 6.91. The zero-order chi connectivity index (χ0) is 17.1. The summed E-state index contributed by atoms with van der Waals surface area (Å²) >= 11 is 0. The highest BCUT2D eigenvalue weighted by atomic mass is 16.5. The maximum Gasteiger partial charge on any atom is 0.337 e. The van der Waals surface area contributed by atoms with Crippen molar-refractivity contribution in [3.8, 4) is 0 Å². The van der Waals surface area contributed by atoms with Crippen LogP contribution in [0.5, 0.6) is 0 Å². The minimum atomic E-state index is -0.294. The lowest BCUT2D eigenvalue weighted by Crippen LogP contribution is -2.02. The van der Waals surface area contributed by atoms with Gasteiger partial charge in [-0.2, -0.15) is 0 Å². The molecule has 3 rings (SSSR count). The Morgan fingerprint density at radius 3 is 2.46 bits per heavy atom. The van der Waals surface area contributed by atoms with Crippen molar-refractivity contribution in [2.45, 2.75) is 33.2 Å². The summed E-state index contributed by atoms with van der Waals surface area (Å²) in [7, 11) is 1.40. The molecule has 3 aromatic rings. The molecule has 0 unspecified atom stereocenters. The fourth-order valence-electron chi connectivity index (χ4n) is 3.32. The van der Waals surface area contributed by atoms with Crippen molar-refractivity contribution in [2.24, 2.45) is 0 Å². The van der Waals surface area contributed by atoms with Crippen LogP contribution in [0.15, 0.2) is 48.5 Å². The van der Waals surface area contributed by atoms with E-state index in [1.807, 2.05) is 24.3 Å². The molecule has 2 aromatic carbocycles. The molecule has 124 valence electrons. The Bertz CT molecular complexity index is 859. The molecule has 0 fully saturated rings. The quantitative estimate of drug-likeness (QED) is 0.636. The average Bonchev–Trinajstić information content (AvgIpc) is 2.88. The van der Waals surface area contributed by atoms with Crippen LogP contribution >= 0.6 is 0 Å². The minimum Gasteiger partial charge on any atom is -0.465 e. The highest BCUT2D eigenvalue weighted by Gasteiger charge is 2.14. The third-order valence-corrected chi connectivity index (χ3v) is 4.56. The first-order chi connectivity index (χ1) is 11.7. The van der Waals surface area contributed by atoms with Gasteiger partial charge in [-0.3, -0.25) is 0 Å². The van der Waals surface area contributed by atoms with E-state index in [9.17, 15) is 4.79 Å². The van der Waals surface area contributed by atoms with Gasteiger partial charge in [0.05, 0.1) is 12.7 Å². The summed E-state index contributed by atoms with van der Waals surface area (Å²) in [6, 6.07) is 16.3. The number of carbonyl (C=O) groups is 1. The van der Waals surface area contributed by atoms with Crippen LogP contribution in [0, 0.1) is 6.92 Å². The molecular formula is C21H23NO2. The van der Waals surface area contributed by atoms with Crippen molar-refractivity contribution in [1.29, 1.82) is 0 Å². The zero-order valence-corrected chi connectivity index (χ0v) is 14.5. The summed E-state index contributed by atoms with van der Waals surface area (Å²) < 4.78 is 7.17. The summed E-state index contributed by atoms with van der Waals surface area (Å²) in [6.07, 6.45) is 1.98. The van der Waals surface area contributed by atoms with Gasteiger partial charge >= 0.3 is 5.97 Å². The molecule has 3 nitrogen and oxygen atoms in total. The Morgan fingerprint density at radius 2 is 1.79 bits per heavy atom. The summed E-state index contributed by atoms with van der Waals surface area (Å²) in [4.78, 5) is 11.6. The number of hydrogen-bond donors (Lipinski definition) is 0. The van der Waals surface area contributed by atoms with Crippen molar-refractivity contribution in [2.75, 3.05) is 7.11 Å². The second-order valence-electron chi connectivity index (χ2n) is 6.10. The molecule has 24 heavy (non-hydrogen) atoms. The third-order valence-electron chi connectivity index (χ3n) is 4.56. The van der Waals surface area contributed by atoms with Crippen LogP contribution in [0.25, 0.3) is 10.9 Å². The summed E-state index contributed by atoms with van der Waals surface area (Å²) in [6.45, 7) is 5.45. The molecule has 0 atom stereocenters. The molecule has 0 radical (unpaired) electrons. The molecule has 0 bridgehead atoms. The number of aromatic nitrogens is 1. The molecular weight excluding hydrogens is 298 g/mol. The average molecular weight is 321 g/mol. The maximum atomic E-state index is 11.6. The minimum absolute atomic E-state index is 0.294. The van der Waals surface area contributed by atoms with E-state index in [2.05, 4.69) is 42.7 Å². The maximum absolute atomic E-state index is 11.6. The van der Waals surface area contributed by atoms with E-state index in [4.69, 9.17) is 4.74 Å². The normalized spacial score (nSPS) is 11.0. The van der Waals surface area contributed by atoms with Crippen LogP contribution in [-0.2, 0) is 17.7 Å². The number of methoxy groups -OCH3 is 1. The zero-order valence-electron chi connectivity index (χ0n) is 14.5. The first-order valence-electron chi connectivity index (χ1n) is 8.39. The highest BCUT2D eigenvalue weighted by Crippen LogP contribution is 2.28. The molecule has 0 saturated carbocycles. The Labute approximate surface area is 142 Å². The van der Waals surface area contributed by atoms with Crippen LogP contribution in [0.3, 0.4) is 0 Å². The molecule has 3 heteroatoms. The second-order valence-corrected chi connectivity index (χ2v) is 6.10. The number of hydrogen-bond acceptors (Lipinski definition) is 2. The van der Waals surface area contributed by atoms with Crippen LogP contribution in [0.4, 0.5) is 0 Å². The Kier molecular flexibility index (Phi) is 4.70. The van der Waals surface area contributed by atoms with Gasteiger partial charge in [-0.25, -0.2) is 4.79 Å². The van der Waals surface area contributed by atoms with E-state index >= 15 is 0 Å². The van der Waals surface area contributed by atoms with Gasteiger partial charge in [0.25, 0.3) is 0 Å². The number of para-hydroxylation sites is 1. The Morgan fingerprint density at radius 1 is 1.08 bits per heavy atom. The van der Waals surface area contributed by atoms with Crippen LogP contribution in [-0.4, -0.2) is 17.6 Å². The fraction of sp³-hybridized carbons (Fsp3) is 0.286. The molecule has 1 aromatic heterocycles. The number of benzene rings is 2. The van der Waals surface area contributed by atoms with Crippen molar-refractivity contribution < 1.29 is 9.53 Å². The SMILES string of the molecule is CCCn1c(C)c(Cc2ccc(C(=O)OC)cc2)c2ccccc21. The predicted molar refractivity (Wildman–Crippen MR) is 97.6 cm³/mol. The van der Waals surface area contributed by atoms with Crippen LogP contribution in [0.1, 0.15) is 40.5 Å². The molecule has 0 spiro atoms. The van der Waals surface area contributed by atoms with E-state index in [0.29, 0.717) is 5.56 Å². The third kappa shape index (κ3) is 2.94. The number of esters is 1. The fourth-order valence-corrected chi connectivity index (χ4v) is 3.32. The summed E-state index contributed by atoms with van der Waals surface area (Å²) in [5, 5.41) is 1.32. The van der Waals surface area contributed by atoms with Crippen molar-refractivity contribution >= 4 is 16.9 Å². The van der Waals surface area contributed by atoms with E-state index in [-0.39, 0.29) is 5.97 Å². The number of carbonyl (C=O) groups excluding carboxylic acids is 1. The lowest BCUT2D eigenvalue weighted by Gasteiger charge is -2.07. The Hall–Kier alpha value is -2.55. The lowest BCUT2D eigenvalue weighted by molar-refractivity contribution is 0.0600. The van der Waals surface area contributed by atoms with Crippen molar-refractivity contribution in [3.05, 3.63) is 70.9 Å². The molecule has 1 heterocycles. The van der Waals surface area contributed by atoms with Gasteiger partial charge in [0.15, 0.2) is 0 Å². The Balaban J connectivity index is 1.98. The van der Waals surface area contributed by atoms with Crippen LogP contribution < -0.4 is 0 Å². The van der Waals surface area contributed by atoms with Gasteiger partial charge in [-0.05, 0) is 49.1 Å². The molecule has 0 aliphatic rings. The number of aryl methyl sites for hydroxylation is 1. The first-order valence-corrected chi connectivity index (χ1v) is 8.39. The largest absolute Gasteiger partial charge is 0.465 e. The van der Waals surface area contributed by atoms with Gasteiger partial charge < -0.3 is 9.30 Å². The van der Waals surface area contributed by atoms with Gasteiger partial charge in [-0.15, -0.1) is 0 Å². The number of nitrogens with zero attached hydrogens (tertiary/aromatic N) is 1. The molecule has 0 amide bonds. The number of fused-ring (bicyclic) bond motifs is 1.